The van der Waals surface area contributed by atoms with E-state index in [0.717, 1.165) is 16.5 Å². The Morgan fingerprint density at radius 2 is 1.57 bits per heavy atom. The molecule has 0 nitrogen and oxygen atoms in total. The summed E-state index contributed by atoms with van der Waals surface area (Å²) in [5, 5.41) is 1.54. The predicted molar refractivity (Wildman–Crippen MR) is 116 cm³/mol. The van der Waals surface area contributed by atoms with Crippen molar-refractivity contribution in [2.75, 3.05) is 0 Å². The van der Waals surface area contributed by atoms with Gasteiger partial charge in [-0.2, -0.15) is 0 Å². The Bertz CT molecular complexity index is 1060. The maximum Gasteiger partial charge on any atom is 0.133 e. The molecule has 0 spiro atoms. The topological polar surface area (TPSA) is 0 Å². The fourth-order valence-electron chi connectivity index (χ4n) is 4.15. The van der Waals surface area contributed by atoms with Crippen LogP contribution in [0.4, 0.5) is 4.39 Å². The number of aryl methyl sites for hydroxylation is 1. The monoisotopic (exact) mass is 368 g/mol. The maximum absolute atomic E-state index is 14.2. The molecule has 0 saturated heterocycles. The lowest BCUT2D eigenvalue weighted by molar-refractivity contribution is 0.376. The number of halogens is 1. The number of benzene rings is 3. The molecule has 4 rings (SSSR count). The average molecular weight is 368 g/mol. The van der Waals surface area contributed by atoms with Gasteiger partial charge in [0.1, 0.15) is 5.82 Å². The standard InChI is InChI=1S/C27H25F/c1-3-20-7-13-23(14-8-20)24-15-9-21(10-16-24)5-6-22-11-17-26-25(18-22)12-4-19(2)27(26)28/h3-4,9-12,15-18,20,23H,1,7-8,13-14H2,2H3. The molecule has 0 atom stereocenters. The van der Waals surface area contributed by atoms with Crippen LogP contribution in [0.2, 0.25) is 0 Å². The van der Waals surface area contributed by atoms with Crippen LogP contribution in [-0.2, 0) is 0 Å². The molecule has 0 amide bonds. The highest BCUT2D eigenvalue weighted by molar-refractivity contribution is 5.85. The highest BCUT2D eigenvalue weighted by atomic mass is 19.1. The molecular formula is C27H25F. The van der Waals surface area contributed by atoms with Gasteiger partial charge in [-0.15, -0.1) is 6.58 Å². The van der Waals surface area contributed by atoms with Crippen LogP contribution in [0.25, 0.3) is 10.8 Å². The second-order valence-corrected chi connectivity index (χ2v) is 7.85. The van der Waals surface area contributed by atoms with Crippen LogP contribution < -0.4 is 0 Å². The predicted octanol–water partition coefficient (Wildman–Crippen LogP) is 7.15. The Balaban J connectivity index is 1.50. The first-order valence-corrected chi connectivity index (χ1v) is 10.1. The van der Waals surface area contributed by atoms with Gasteiger partial charge in [0.15, 0.2) is 0 Å². The van der Waals surface area contributed by atoms with E-state index in [1.54, 1.807) is 6.92 Å². The lowest BCUT2D eigenvalue weighted by Gasteiger charge is -2.26. The summed E-state index contributed by atoms with van der Waals surface area (Å²) < 4.78 is 14.2. The van der Waals surface area contributed by atoms with Crippen molar-refractivity contribution >= 4 is 10.8 Å². The van der Waals surface area contributed by atoms with E-state index >= 15 is 0 Å². The van der Waals surface area contributed by atoms with Crippen molar-refractivity contribution in [3.63, 3.8) is 0 Å². The maximum atomic E-state index is 14.2. The van der Waals surface area contributed by atoms with Crippen LogP contribution in [0.5, 0.6) is 0 Å². The summed E-state index contributed by atoms with van der Waals surface area (Å²) in [5.74, 6) is 7.67. The number of hydrogen-bond donors (Lipinski definition) is 0. The number of hydrogen-bond acceptors (Lipinski definition) is 0. The Kier molecular flexibility index (Phi) is 5.31. The molecule has 1 aliphatic rings. The fraction of sp³-hybridized carbons (Fsp3) is 0.259. The Morgan fingerprint density at radius 1 is 0.893 bits per heavy atom. The van der Waals surface area contributed by atoms with Gasteiger partial charge in [-0.05, 0) is 85.2 Å². The second-order valence-electron chi connectivity index (χ2n) is 7.85. The lowest BCUT2D eigenvalue weighted by Crippen LogP contribution is -2.11. The zero-order chi connectivity index (χ0) is 19.5. The van der Waals surface area contributed by atoms with Crippen LogP contribution in [0.3, 0.4) is 0 Å². The van der Waals surface area contributed by atoms with Crippen LogP contribution in [0, 0.1) is 30.5 Å². The first-order chi connectivity index (χ1) is 13.6. The molecular weight excluding hydrogens is 343 g/mol. The Labute approximate surface area is 167 Å². The van der Waals surface area contributed by atoms with E-state index in [1.807, 2.05) is 30.3 Å². The highest BCUT2D eigenvalue weighted by Crippen LogP contribution is 2.36. The smallest absolute Gasteiger partial charge is 0.133 e. The largest absolute Gasteiger partial charge is 0.206 e. The molecule has 0 aromatic heterocycles. The number of fused-ring (bicyclic) bond motifs is 1. The van der Waals surface area contributed by atoms with E-state index < -0.39 is 0 Å². The van der Waals surface area contributed by atoms with E-state index in [1.165, 1.54) is 31.2 Å². The number of rotatable bonds is 2. The lowest BCUT2D eigenvalue weighted by atomic mass is 9.79. The SMILES string of the molecule is C=CC1CCC(c2ccc(C#Cc3ccc4c(F)c(C)ccc4c3)cc2)CC1. The summed E-state index contributed by atoms with van der Waals surface area (Å²) in [6.45, 7) is 5.72. The molecule has 0 radical (unpaired) electrons. The first-order valence-electron chi connectivity index (χ1n) is 10.1. The van der Waals surface area contributed by atoms with Gasteiger partial charge >= 0.3 is 0 Å². The normalized spacial score (nSPS) is 19.1. The van der Waals surface area contributed by atoms with Gasteiger partial charge in [0.05, 0.1) is 0 Å². The highest BCUT2D eigenvalue weighted by Gasteiger charge is 2.20. The minimum Gasteiger partial charge on any atom is -0.206 e. The van der Waals surface area contributed by atoms with Crippen LogP contribution in [0.15, 0.2) is 67.3 Å². The summed E-state index contributed by atoms with van der Waals surface area (Å²) in [4.78, 5) is 0. The third kappa shape index (κ3) is 3.87. The second kappa shape index (κ2) is 8.03. The van der Waals surface area contributed by atoms with Crippen molar-refractivity contribution in [3.8, 4) is 11.8 Å². The molecule has 0 unspecified atom stereocenters. The molecule has 1 aliphatic carbocycles. The van der Waals surface area contributed by atoms with Crippen molar-refractivity contribution in [1.29, 1.82) is 0 Å². The fourth-order valence-corrected chi connectivity index (χ4v) is 4.15. The van der Waals surface area contributed by atoms with Crippen molar-refractivity contribution in [2.24, 2.45) is 5.92 Å². The molecule has 1 heteroatoms. The zero-order valence-corrected chi connectivity index (χ0v) is 16.3. The molecule has 140 valence electrons. The minimum absolute atomic E-state index is 0.144. The molecule has 1 saturated carbocycles. The molecule has 0 aliphatic heterocycles. The molecule has 0 heterocycles. The van der Waals surface area contributed by atoms with Crippen molar-refractivity contribution in [3.05, 3.63) is 95.3 Å². The quantitative estimate of drug-likeness (QED) is 0.333. The average Bonchev–Trinajstić information content (AvgIpc) is 2.75. The third-order valence-electron chi connectivity index (χ3n) is 5.99. The Morgan fingerprint density at radius 3 is 2.29 bits per heavy atom. The molecule has 3 aromatic rings. The van der Waals surface area contributed by atoms with Crippen molar-refractivity contribution < 1.29 is 4.39 Å². The summed E-state index contributed by atoms with van der Waals surface area (Å²) in [7, 11) is 0. The van der Waals surface area contributed by atoms with Crippen molar-refractivity contribution in [1.82, 2.24) is 0 Å². The van der Waals surface area contributed by atoms with Gasteiger partial charge in [0.2, 0.25) is 0 Å². The summed E-state index contributed by atoms with van der Waals surface area (Å²) in [6.07, 6.45) is 7.09. The van der Waals surface area contributed by atoms with Crippen molar-refractivity contribution in [2.45, 2.75) is 38.5 Å². The van der Waals surface area contributed by atoms with Crippen LogP contribution >= 0.6 is 0 Å². The molecule has 0 N–H and O–H groups in total. The minimum atomic E-state index is -0.144. The summed E-state index contributed by atoms with van der Waals surface area (Å²) in [6, 6.07) is 18.1. The van der Waals surface area contributed by atoms with E-state index in [9.17, 15) is 4.39 Å². The van der Waals surface area contributed by atoms with Gasteiger partial charge in [-0.1, -0.05) is 48.2 Å². The molecule has 28 heavy (non-hydrogen) atoms. The van der Waals surface area contributed by atoms with Crippen LogP contribution in [0.1, 0.15) is 53.9 Å². The van der Waals surface area contributed by atoms with E-state index in [-0.39, 0.29) is 5.82 Å². The molecule has 0 bridgehead atoms. The van der Waals surface area contributed by atoms with Gasteiger partial charge in [-0.3, -0.25) is 0 Å². The third-order valence-corrected chi connectivity index (χ3v) is 5.99. The number of allylic oxidation sites excluding steroid dienone is 1. The van der Waals surface area contributed by atoms with Gasteiger partial charge in [0.25, 0.3) is 0 Å². The van der Waals surface area contributed by atoms with E-state index in [4.69, 9.17) is 0 Å². The molecule has 1 fully saturated rings. The first kappa shape index (κ1) is 18.5. The molecule has 3 aromatic carbocycles. The summed E-state index contributed by atoms with van der Waals surface area (Å²) >= 11 is 0. The van der Waals surface area contributed by atoms with E-state index in [2.05, 4.69) is 48.8 Å². The van der Waals surface area contributed by atoms with Gasteiger partial charge in [-0.25, -0.2) is 4.39 Å². The summed E-state index contributed by atoms with van der Waals surface area (Å²) in [5.41, 5.74) is 4.01. The van der Waals surface area contributed by atoms with Gasteiger partial charge < -0.3 is 0 Å². The van der Waals surface area contributed by atoms with E-state index in [0.29, 0.717) is 22.8 Å². The van der Waals surface area contributed by atoms with Crippen LogP contribution in [-0.4, -0.2) is 0 Å². The zero-order valence-electron chi connectivity index (χ0n) is 16.3. The Hall–Kier alpha value is -2.85. The van der Waals surface area contributed by atoms with Gasteiger partial charge in [0, 0.05) is 16.5 Å².